The standard InChI is InChI=1S/C14H13BrClNO/c1-14(18,12-4-2-3-5-13(12)16)7-10-6-11(15)9-17-8-10/h2-6,8-9,18H,7H2,1H3. The Labute approximate surface area is 120 Å². The second kappa shape index (κ2) is 5.39. The molecule has 0 saturated carbocycles. The Balaban J connectivity index is 2.30. The zero-order valence-electron chi connectivity index (χ0n) is 9.90. The molecule has 2 aromatic rings. The Bertz CT molecular complexity index is 557. The lowest BCUT2D eigenvalue weighted by molar-refractivity contribution is 0.0576. The summed E-state index contributed by atoms with van der Waals surface area (Å²) in [6.07, 6.45) is 3.92. The lowest BCUT2D eigenvalue weighted by atomic mass is 9.89. The molecule has 1 atom stereocenters. The Morgan fingerprint density at radius 2 is 2.06 bits per heavy atom. The van der Waals surface area contributed by atoms with Gasteiger partial charge in [-0.2, -0.15) is 0 Å². The molecule has 0 aliphatic carbocycles. The minimum atomic E-state index is -1.01. The monoisotopic (exact) mass is 325 g/mol. The summed E-state index contributed by atoms with van der Waals surface area (Å²) >= 11 is 9.49. The maximum atomic E-state index is 10.6. The van der Waals surface area contributed by atoms with Gasteiger partial charge in [0.15, 0.2) is 0 Å². The quantitative estimate of drug-likeness (QED) is 0.926. The summed E-state index contributed by atoms with van der Waals surface area (Å²) in [5.41, 5.74) is 0.668. The number of aromatic nitrogens is 1. The summed E-state index contributed by atoms with van der Waals surface area (Å²) in [7, 11) is 0. The average Bonchev–Trinajstić information content (AvgIpc) is 2.28. The average molecular weight is 327 g/mol. The van der Waals surface area contributed by atoms with Gasteiger partial charge in [0.1, 0.15) is 0 Å². The Hall–Kier alpha value is -0.900. The van der Waals surface area contributed by atoms with Crippen LogP contribution in [0.4, 0.5) is 0 Å². The molecule has 0 aliphatic rings. The minimum absolute atomic E-state index is 0.461. The molecule has 0 fully saturated rings. The van der Waals surface area contributed by atoms with E-state index in [0.29, 0.717) is 11.4 Å². The van der Waals surface area contributed by atoms with Gasteiger partial charge in [-0.25, -0.2) is 0 Å². The van der Waals surface area contributed by atoms with Gasteiger partial charge in [-0.1, -0.05) is 29.8 Å². The number of rotatable bonds is 3. The van der Waals surface area contributed by atoms with Gasteiger partial charge in [0, 0.05) is 33.9 Å². The van der Waals surface area contributed by atoms with Crippen molar-refractivity contribution in [3.8, 4) is 0 Å². The van der Waals surface area contributed by atoms with E-state index in [2.05, 4.69) is 20.9 Å². The van der Waals surface area contributed by atoms with Crippen LogP contribution in [0.1, 0.15) is 18.1 Å². The van der Waals surface area contributed by atoms with Gasteiger partial charge in [0.2, 0.25) is 0 Å². The molecule has 1 aromatic heterocycles. The van der Waals surface area contributed by atoms with Gasteiger partial charge in [-0.05, 0) is 40.5 Å². The predicted octanol–water partition coefficient (Wildman–Crippen LogP) is 3.95. The van der Waals surface area contributed by atoms with Gasteiger partial charge in [-0.3, -0.25) is 4.98 Å². The van der Waals surface area contributed by atoms with E-state index in [1.54, 1.807) is 25.4 Å². The maximum Gasteiger partial charge on any atom is 0.0923 e. The Morgan fingerprint density at radius 1 is 1.33 bits per heavy atom. The molecular weight excluding hydrogens is 314 g/mol. The molecule has 18 heavy (non-hydrogen) atoms. The number of halogens is 2. The van der Waals surface area contributed by atoms with Gasteiger partial charge in [-0.15, -0.1) is 0 Å². The van der Waals surface area contributed by atoms with Crippen LogP contribution in [0.3, 0.4) is 0 Å². The van der Waals surface area contributed by atoms with Crippen LogP contribution in [-0.4, -0.2) is 10.1 Å². The van der Waals surface area contributed by atoms with Crippen molar-refractivity contribution in [2.75, 3.05) is 0 Å². The molecule has 0 bridgehead atoms. The first kappa shape index (κ1) is 13.5. The summed E-state index contributed by atoms with van der Waals surface area (Å²) in [6.45, 7) is 1.76. The molecule has 1 unspecified atom stereocenters. The molecule has 0 saturated heterocycles. The van der Waals surface area contributed by atoms with E-state index in [4.69, 9.17) is 11.6 Å². The van der Waals surface area contributed by atoms with Crippen LogP contribution in [0.5, 0.6) is 0 Å². The largest absolute Gasteiger partial charge is 0.385 e. The highest BCUT2D eigenvalue weighted by molar-refractivity contribution is 9.10. The zero-order valence-corrected chi connectivity index (χ0v) is 12.2. The zero-order chi connectivity index (χ0) is 13.2. The summed E-state index contributed by atoms with van der Waals surface area (Å²) in [4.78, 5) is 4.09. The third kappa shape index (κ3) is 3.10. The molecule has 4 heteroatoms. The second-order valence-electron chi connectivity index (χ2n) is 4.44. The molecule has 0 aliphatic heterocycles. The van der Waals surface area contributed by atoms with Crippen molar-refractivity contribution in [2.24, 2.45) is 0 Å². The highest BCUT2D eigenvalue weighted by atomic mass is 79.9. The molecular formula is C14H13BrClNO. The summed E-state index contributed by atoms with van der Waals surface area (Å²) in [6, 6.07) is 9.29. The first-order chi connectivity index (χ1) is 8.49. The summed E-state index contributed by atoms with van der Waals surface area (Å²) in [5.74, 6) is 0. The molecule has 94 valence electrons. The maximum absolute atomic E-state index is 10.6. The third-order valence-electron chi connectivity index (χ3n) is 2.76. The van der Waals surface area contributed by atoms with E-state index in [0.717, 1.165) is 15.6 Å². The number of hydrogen-bond acceptors (Lipinski definition) is 2. The normalized spacial score (nSPS) is 14.2. The van der Waals surface area contributed by atoms with Crippen LogP contribution in [0.25, 0.3) is 0 Å². The SMILES string of the molecule is CC(O)(Cc1cncc(Br)c1)c1ccccc1Cl. The van der Waals surface area contributed by atoms with E-state index in [9.17, 15) is 5.11 Å². The molecule has 1 heterocycles. The van der Waals surface area contributed by atoms with E-state index in [1.807, 2.05) is 24.3 Å². The lowest BCUT2D eigenvalue weighted by Crippen LogP contribution is -2.24. The summed E-state index contributed by atoms with van der Waals surface area (Å²) < 4.78 is 0.898. The van der Waals surface area contributed by atoms with E-state index in [-0.39, 0.29) is 0 Å². The van der Waals surface area contributed by atoms with Crippen LogP contribution in [0.15, 0.2) is 47.2 Å². The van der Waals surface area contributed by atoms with E-state index in [1.165, 1.54) is 0 Å². The fraction of sp³-hybridized carbons (Fsp3) is 0.214. The first-order valence-corrected chi connectivity index (χ1v) is 6.73. The van der Waals surface area contributed by atoms with Gasteiger partial charge >= 0.3 is 0 Å². The van der Waals surface area contributed by atoms with Gasteiger partial charge in [0.25, 0.3) is 0 Å². The highest BCUT2D eigenvalue weighted by Gasteiger charge is 2.25. The van der Waals surface area contributed by atoms with Crippen molar-refractivity contribution in [1.82, 2.24) is 4.98 Å². The number of nitrogens with zero attached hydrogens (tertiary/aromatic N) is 1. The number of aliphatic hydroxyl groups is 1. The minimum Gasteiger partial charge on any atom is -0.385 e. The van der Waals surface area contributed by atoms with Crippen LogP contribution in [-0.2, 0) is 12.0 Å². The molecule has 1 N–H and O–H groups in total. The van der Waals surface area contributed by atoms with E-state index < -0.39 is 5.60 Å². The first-order valence-electron chi connectivity index (χ1n) is 5.56. The van der Waals surface area contributed by atoms with Crippen molar-refractivity contribution in [3.05, 3.63) is 63.3 Å². The van der Waals surface area contributed by atoms with E-state index >= 15 is 0 Å². The van der Waals surface area contributed by atoms with Crippen LogP contribution < -0.4 is 0 Å². The topological polar surface area (TPSA) is 33.1 Å². The molecule has 2 nitrogen and oxygen atoms in total. The predicted molar refractivity (Wildman–Crippen MR) is 76.7 cm³/mol. The molecule has 0 spiro atoms. The van der Waals surface area contributed by atoms with Crippen molar-refractivity contribution >= 4 is 27.5 Å². The smallest absolute Gasteiger partial charge is 0.0923 e. The molecule has 2 rings (SSSR count). The van der Waals surface area contributed by atoms with Crippen molar-refractivity contribution in [3.63, 3.8) is 0 Å². The van der Waals surface area contributed by atoms with Crippen molar-refractivity contribution in [2.45, 2.75) is 18.9 Å². The van der Waals surface area contributed by atoms with Crippen LogP contribution in [0.2, 0.25) is 5.02 Å². The fourth-order valence-corrected chi connectivity index (χ4v) is 2.69. The van der Waals surface area contributed by atoms with Crippen molar-refractivity contribution < 1.29 is 5.11 Å². The molecule has 0 amide bonds. The number of benzene rings is 1. The lowest BCUT2D eigenvalue weighted by Gasteiger charge is -2.25. The van der Waals surface area contributed by atoms with Crippen molar-refractivity contribution in [1.29, 1.82) is 0 Å². The Morgan fingerprint density at radius 3 is 2.72 bits per heavy atom. The third-order valence-corrected chi connectivity index (χ3v) is 3.53. The van der Waals surface area contributed by atoms with Crippen LogP contribution in [0, 0.1) is 0 Å². The fourth-order valence-electron chi connectivity index (χ4n) is 1.94. The number of pyridine rings is 1. The Kier molecular flexibility index (Phi) is 4.05. The van der Waals surface area contributed by atoms with Gasteiger partial charge < -0.3 is 5.11 Å². The highest BCUT2D eigenvalue weighted by Crippen LogP contribution is 2.31. The molecule has 1 aromatic carbocycles. The van der Waals surface area contributed by atoms with Gasteiger partial charge in [0.05, 0.1) is 5.60 Å². The number of hydrogen-bond donors (Lipinski definition) is 1. The van der Waals surface area contributed by atoms with Crippen LogP contribution >= 0.6 is 27.5 Å². The molecule has 0 radical (unpaired) electrons. The second-order valence-corrected chi connectivity index (χ2v) is 5.76. The summed E-state index contributed by atoms with van der Waals surface area (Å²) in [5, 5.41) is 11.2.